The number of rotatable bonds is 4. The first-order chi connectivity index (χ1) is 16.4. The number of hydrogen-bond acceptors (Lipinski definition) is 2. The van der Waals surface area contributed by atoms with Crippen LogP contribution in [0.15, 0.2) is 95.9 Å². The zero-order chi connectivity index (χ0) is 23.7. The summed E-state index contributed by atoms with van der Waals surface area (Å²) in [6.07, 6.45) is 3.98. The molecule has 0 amide bonds. The first-order valence-electron chi connectivity index (χ1n) is 11.2. The maximum absolute atomic E-state index is 12.9. The fraction of sp³-hybridized carbons (Fsp3) is 0.103. The Kier molecular flexibility index (Phi) is 6.03. The van der Waals surface area contributed by atoms with Gasteiger partial charge in [-0.2, -0.15) is 0 Å². The minimum Gasteiger partial charge on any atom is -0.280 e. The van der Waals surface area contributed by atoms with E-state index in [0.29, 0.717) is 5.69 Å². The van der Waals surface area contributed by atoms with Gasteiger partial charge in [0.1, 0.15) is 0 Å². The molecule has 0 atom stereocenters. The van der Waals surface area contributed by atoms with Gasteiger partial charge in [-0.3, -0.25) is 4.72 Å². The van der Waals surface area contributed by atoms with Crippen LogP contribution in [0.3, 0.4) is 0 Å². The third kappa shape index (κ3) is 4.65. The minimum atomic E-state index is -3.67. The number of fused-ring (bicyclic) bond motifs is 2. The molecule has 5 rings (SSSR count). The molecule has 0 heterocycles. The van der Waals surface area contributed by atoms with Crippen molar-refractivity contribution in [3.05, 3.63) is 129 Å². The van der Waals surface area contributed by atoms with Gasteiger partial charge in [0.25, 0.3) is 10.0 Å². The Balaban J connectivity index is 1.56. The Morgan fingerprint density at radius 3 is 2.35 bits per heavy atom. The van der Waals surface area contributed by atoms with E-state index in [1.165, 1.54) is 16.7 Å². The fourth-order valence-corrected chi connectivity index (χ4v) is 5.64. The molecular formula is C29H24ClNO2S. The van der Waals surface area contributed by atoms with Crippen LogP contribution in [0.1, 0.15) is 33.4 Å². The van der Waals surface area contributed by atoms with Gasteiger partial charge in [-0.15, -0.1) is 0 Å². The Morgan fingerprint density at radius 2 is 1.53 bits per heavy atom. The van der Waals surface area contributed by atoms with Crippen molar-refractivity contribution in [3.63, 3.8) is 0 Å². The van der Waals surface area contributed by atoms with Crippen LogP contribution < -0.4 is 4.72 Å². The van der Waals surface area contributed by atoms with E-state index >= 15 is 0 Å². The molecular weight excluding hydrogens is 462 g/mol. The Hall–Kier alpha value is -3.34. The molecule has 0 aromatic heterocycles. The van der Waals surface area contributed by atoms with Gasteiger partial charge in [0.15, 0.2) is 0 Å². The number of hydrogen-bond donors (Lipinski definition) is 1. The molecule has 34 heavy (non-hydrogen) atoms. The molecule has 170 valence electrons. The number of nitrogens with one attached hydrogen (secondary N) is 1. The summed E-state index contributed by atoms with van der Waals surface area (Å²) in [6.45, 7) is 1.93. The molecule has 1 aliphatic rings. The second-order valence-electron chi connectivity index (χ2n) is 8.56. The third-order valence-corrected chi connectivity index (χ3v) is 7.74. The van der Waals surface area contributed by atoms with E-state index in [0.717, 1.165) is 40.1 Å². The molecule has 0 radical (unpaired) electrons. The SMILES string of the molecule is Cc1ccc(S(=O)(=O)Nc2cccc(C=C3c4ccccc4CCc4cc(Cl)ccc43)c2)cc1. The number of benzene rings is 4. The van der Waals surface area contributed by atoms with Gasteiger partial charge in [0.2, 0.25) is 0 Å². The van der Waals surface area contributed by atoms with Gasteiger partial charge < -0.3 is 0 Å². The molecule has 0 saturated carbocycles. The highest BCUT2D eigenvalue weighted by molar-refractivity contribution is 7.92. The van der Waals surface area contributed by atoms with E-state index in [9.17, 15) is 8.42 Å². The molecule has 1 N–H and O–H groups in total. The van der Waals surface area contributed by atoms with E-state index in [-0.39, 0.29) is 4.90 Å². The van der Waals surface area contributed by atoms with Crippen molar-refractivity contribution >= 4 is 39.0 Å². The van der Waals surface area contributed by atoms with Crippen molar-refractivity contribution in [3.8, 4) is 0 Å². The van der Waals surface area contributed by atoms with Crippen molar-refractivity contribution < 1.29 is 8.42 Å². The summed E-state index contributed by atoms with van der Waals surface area (Å²) < 4.78 is 28.5. The van der Waals surface area contributed by atoms with Crippen LogP contribution in [0.25, 0.3) is 11.6 Å². The first-order valence-corrected chi connectivity index (χ1v) is 13.0. The zero-order valence-corrected chi connectivity index (χ0v) is 20.3. The predicted octanol–water partition coefficient (Wildman–Crippen LogP) is 7.14. The van der Waals surface area contributed by atoms with Crippen LogP contribution in [0.4, 0.5) is 5.69 Å². The average Bonchev–Trinajstić information content (AvgIpc) is 2.96. The molecule has 4 aromatic rings. The predicted molar refractivity (Wildman–Crippen MR) is 141 cm³/mol. The van der Waals surface area contributed by atoms with Gasteiger partial charge in [-0.1, -0.05) is 71.8 Å². The lowest BCUT2D eigenvalue weighted by molar-refractivity contribution is 0.601. The highest BCUT2D eigenvalue weighted by Crippen LogP contribution is 2.36. The van der Waals surface area contributed by atoms with Crippen molar-refractivity contribution in [2.24, 2.45) is 0 Å². The lowest BCUT2D eigenvalue weighted by atomic mass is 9.92. The summed E-state index contributed by atoms with van der Waals surface area (Å²) in [5.74, 6) is 0. The second kappa shape index (κ2) is 9.13. The molecule has 0 fully saturated rings. The van der Waals surface area contributed by atoms with Gasteiger partial charge in [0, 0.05) is 10.7 Å². The first kappa shape index (κ1) is 22.5. The van der Waals surface area contributed by atoms with Crippen LogP contribution in [0.5, 0.6) is 0 Å². The van der Waals surface area contributed by atoms with E-state index in [4.69, 9.17) is 11.6 Å². The number of aryl methyl sites for hydroxylation is 3. The van der Waals surface area contributed by atoms with Crippen molar-refractivity contribution in [2.45, 2.75) is 24.7 Å². The summed E-state index contributed by atoms with van der Waals surface area (Å²) in [4.78, 5) is 0.241. The number of halogens is 1. The van der Waals surface area contributed by atoms with Crippen LogP contribution in [0.2, 0.25) is 5.02 Å². The Morgan fingerprint density at radius 1 is 0.794 bits per heavy atom. The molecule has 0 unspecified atom stereocenters. The van der Waals surface area contributed by atoms with E-state index in [1.54, 1.807) is 30.3 Å². The maximum atomic E-state index is 12.9. The van der Waals surface area contributed by atoms with Crippen molar-refractivity contribution in [1.82, 2.24) is 0 Å². The maximum Gasteiger partial charge on any atom is 0.261 e. The average molecular weight is 486 g/mol. The molecule has 0 aliphatic heterocycles. The van der Waals surface area contributed by atoms with E-state index < -0.39 is 10.0 Å². The summed E-state index contributed by atoms with van der Waals surface area (Å²) in [5.41, 5.74) is 8.40. The fourth-order valence-electron chi connectivity index (χ4n) is 4.39. The van der Waals surface area contributed by atoms with Crippen LogP contribution >= 0.6 is 11.6 Å². The molecule has 0 spiro atoms. The van der Waals surface area contributed by atoms with Gasteiger partial charge >= 0.3 is 0 Å². The normalized spacial score (nSPS) is 14.2. The molecule has 3 nitrogen and oxygen atoms in total. The van der Waals surface area contributed by atoms with Gasteiger partial charge in [0.05, 0.1) is 4.90 Å². The zero-order valence-electron chi connectivity index (χ0n) is 18.8. The van der Waals surface area contributed by atoms with Crippen LogP contribution in [-0.4, -0.2) is 8.42 Å². The van der Waals surface area contributed by atoms with Gasteiger partial charge in [-0.05, 0) is 95.6 Å². The number of sulfonamides is 1. The Labute approximate surface area is 205 Å². The molecule has 4 aromatic carbocycles. The molecule has 5 heteroatoms. The highest BCUT2D eigenvalue weighted by Gasteiger charge is 2.19. The Bertz CT molecular complexity index is 1510. The third-order valence-electron chi connectivity index (χ3n) is 6.11. The monoisotopic (exact) mass is 485 g/mol. The van der Waals surface area contributed by atoms with Crippen LogP contribution in [0, 0.1) is 6.92 Å². The summed E-state index contributed by atoms with van der Waals surface area (Å²) in [5, 5.41) is 0.733. The largest absolute Gasteiger partial charge is 0.280 e. The number of anilines is 1. The molecule has 1 aliphatic carbocycles. The lowest BCUT2D eigenvalue weighted by Gasteiger charge is -2.13. The van der Waals surface area contributed by atoms with Crippen LogP contribution in [-0.2, 0) is 22.9 Å². The van der Waals surface area contributed by atoms with E-state index in [2.05, 4.69) is 41.1 Å². The molecule has 0 bridgehead atoms. The smallest absolute Gasteiger partial charge is 0.261 e. The van der Waals surface area contributed by atoms with Gasteiger partial charge in [-0.25, -0.2) is 8.42 Å². The summed E-state index contributed by atoms with van der Waals surface area (Å²) >= 11 is 6.31. The lowest BCUT2D eigenvalue weighted by Crippen LogP contribution is -2.12. The highest BCUT2D eigenvalue weighted by atomic mass is 35.5. The van der Waals surface area contributed by atoms with Crippen molar-refractivity contribution in [2.75, 3.05) is 4.72 Å². The second-order valence-corrected chi connectivity index (χ2v) is 10.7. The standard InChI is InChI=1S/C29H24ClNO2S/c1-20-9-14-26(15-10-20)34(32,33)31-25-7-4-5-21(17-25)18-29-27-8-3-2-6-22(27)11-12-23-19-24(30)13-16-28(23)29/h2-10,13-19,31H,11-12H2,1H3. The summed E-state index contributed by atoms with van der Waals surface area (Å²) in [6, 6.07) is 28.8. The molecule has 0 saturated heterocycles. The summed E-state index contributed by atoms with van der Waals surface area (Å²) in [7, 11) is -3.67. The quantitative estimate of drug-likeness (QED) is 0.334. The topological polar surface area (TPSA) is 46.2 Å². The van der Waals surface area contributed by atoms with E-state index in [1.807, 2.05) is 37.3 Å². The van der Waals surface area contributed by atoms with Crippen molar-refractivity contribution in [1.29, 1.82) is 0 Å². The minimum absolute atomic E-state index is 0.241.